The van der Waals surface area contributed by atoms with Crippen LogP contribution in [0.3, 0.4) is 0 Å². The summed E-state index contributed by atoms with van der Waals surface area (Å²) in [6, 6.07) is 4.29. The van der Waals surface area contributed by atoms with Crippen molar-refractivity contribution in [1.82, 2.24) is 20.8 Å². The van der Waals surface area contributed by atoms with E-state index in [2.05, 4.69) is 20.8 Å². The third kappa shape index (κ3) is 7.22. The van der Waals surface area contributed by atoms with Gasteiger partial charge >= 0.3 is 12.0 Å². The molecule has 1 atom stereocenters. The van der Waals surface area contributed by atoms with Crippen molar-refractivity contribution in [3.63, 3.8) is 0 Å². The van der Waals surface area contributed by atoms with Gasteiger partial charge in [-0.05, 0) is 46.8 Å². The summed E-state index contributed by atoms with van der Waals surface area (Å²) in [5.41, 5.74) is 0.431. The van der Waals surface area contributed by atoms with E-state index >= 15 is 0 Å². The molecule has 2 heterocycles. The van der Waals surface area contributed by atoms with Gasteiger partial charge in [0.25, 0.3) is 5.91 Å². The number of hydrogen-bond acceptors (Lipinski definition) is 8. The Labute approximate surface area is 173 Å². The molecule has 0 aliphatic rings. The maximum absolute atomic E-state index is 12.5. The molecule has 29 heavy (non-hydrogen) atoms. The molecule has 10 heteroatoms. The van der Waals surface area contributed by atoms with Crippen LogP contribution in [0.5, 0.6) is 0 Å². The smallest absolute Gasteiger partial charge is 0.341 e. The number of pyridine rings is 1. The van der Waals surface area contributed by atoms with Crippen molar-refractivity contribution in [3.8, 4) is 0 Å². The second kappa shape index (κ2) is 9.55. The number of carbonyl (C=O) groups is 3. The van der Waals surface area contributed by atoms with Crippen LogP contribution in [0.4, 0.5) is 4.79 Å². The van der Waals surface area contributed by atoms with Gasteiger partial charge in [-0.15, -0.1) is 0 Å². The lowest BCUT2D eigenvalue weighted by molar-refractivity contribution is -0.127. The number of rotatable bonds is 6. The molecule has 2 rings (SSSR count). The van der Waals surface area contributed by atoms with Crippen LogP contribution in [0, 0.1) is 6.92 Å². The maximum atomic E-state index is 12.5. The molecule has 0 spiro atoms. The zero-order valence-electron chi connectivity index (χ0n) is 16.9. The number of nitrogens with zero attached hydrogens (tertiary/aromatic N) is 2. The van der Waals surface area contributed by atoms with E-state index in [1.165, 1.54) is 18.7 Å². The summed E-state index contributed by atoms with van der Waals surface area (Å²) in [6.07, 6.45) is 0.393. The summed E-state index contributed by atoms with van der Waals surface area (Å²) in [6.45, 7) is 8.52. The minimum Gasteiger partial charge on any atom is -0.449 e. The second-order valence-corrected chi connectivity index (χ2v) is 8.28. The van der Waals surface area contributed by atoms with Crippen LogP contribution in [0.2, 0.25) is 0 Å². The van der Waals surface area contributed by atoms with Gasteiger partial charge in [-0.25, -0.2) is 14.6 Å². The Bertz CT molecular complexity index is 891. The van der Waals surface area contributed by atoms with Gasteiger partial charge in [-0.1, -0.05) is 16.9 Å². The molecule has 3 amide bonds. The van der Waals surface area contributed by atoms with Crippen molar-refractivity contribution < 1.29 is 23.6 Å². The molecule has 0 unspecified atom stereocenters. The predicted octanol–water partition coefficient (Wildman–Crippen LogP) is 2.84. The zero-order chi connectivity index (χ0) is 21.6. The third-order valence-corrected chi connectivity index (χ3v) is 4.44. The first-order valence-corrected chi connectivity index (χ1v) is 9.87. The number of urea groups is 1. The molecule has 0 saturated heterocycles. The molecule has 2 N–H and O–H groups in total. The van der Waals surface area contributed by atoms with E-state index in [1.807, 2.05) is 0 Å². The lowest BCUT2D eigenvalue weighted by Gasteiger charge is -2.21. The number of amides is 3. The zero-order valence-corrected chi connectivity index (χ0v) is 17.8. The van der Waals surface area contributed by atoms with E-state index in [9.17, 15) is 14.4 Å². The first-order valence-electron chi connectivity index (χ1n) is 8.89. The summed E-state index contributed by atoms with van der Waals surface area (Å²) >= 11 is 1.30. The third-order valence-electron chi connectivity index (χ3n) is 3.40. The Morgan fingerprint density at radius 3 is 2.66 bits per heavy atom. The van der Waals surface area contributed by atoms with Gasteiger partial charge in [0.1, 0.15) is 10.8 Å². The second-order valence-electron chi connectivity index (χ2n) is 7.31. The molecular weight excluding hydrogens is 396 g/mol. The molecule has 0 radical (unpaired) electrons. The summed E-state index contributed by atoms with van der Waals surface area (Å²) in [5.74, 6) is -0.291. The average Bonchev–Trinajstić information content (AvgIpc) is 3.03. The first kappa shape index (κ1) is 22.4. The lowest BCUT2D eigenvalue weighted by atomic mass is 10.1. The maximum Gasteiger partial charge on any atom is 0.341 e. The van der Waals surface area contributed by atoms with Crippen LogP contribution in [0.25, 0.3) is 0 Å². The van der Waals surface area contributed by atoms with Crippen molar-refractivity contribution in [2.75, 3.05) is 0 Å². The molecule has 0 fully saturated rings. The number of hydrogen-bond donors (Lipinski definition) is 2. The molecule has 156 valence electrons. The van der Waals surface area contributed by atoms with Gasteiger partial charge in [0, 0.05) is 23.6 Å². The highest BCUT2D eigenvalue weighted by atomic mass is 32.2. The monoisotopic (exact) mass is 420 g/mol. The summed E-state index contributed by atoms with van der Waals surface area (Å²) in [4.78, 5) is 40.6. The Morgan fingerprint density at radius 1 is 1.31 bits per heavy atom. The highest BCUT2D eigenvalue weighted by molar-refractivity contribution is 7.98. The summed E-state index contributed by atoms with van der Waals surface area (Å²) in [5, 5.41) is 9.09. The number of aryl methyl sites for hydroxylation is 1. The number of ether oxygens (including phenoxy) is 1. The topological polar surface area (TPSA) is 123 Å². The minimum absolute atomic E-state index is 0.219. The summed E-state index contributed by atoms with van der Waals surface area (Å²) in [7, 11) is 0. The normalized spacial score (nSPS) is 12.2. The van der Waals surface area contributed by atoms with Gasteiger partial charge in [0.05, 0.1) is 11.3 Å². The molecule has 0 aliphatic carbocycles. The number of carbonyl (C=O) groups excluding carboxylic acids is 3. The van der Waals surface area contributed by atoms with Gasteiger partial charge < -0.3 is 14.6 Å². The molecule has 9 nitrogen and oxygen atoms in total. The van der Waals surface area contributed by atoms with Crippen molar-refractivity contribution in [2.24, 2.45) is 0 Å². The Kier molecular flexibility index (Phi) is 7.38. The van der Waals surface area contributed by atoms with Crippen LogP contribution in [0.15, 0.2) is 33.9 Å². The number of thioether (sulfide) groups is 1. The highest BCUT2D eigenvalue weighted by Gasteiger charge is 2.24. The van der Waals surface area contributed by atoms with E-state index in [0.717, 1.165) is 5.69 Å². The van der Waals surface area contributed by atoms with E-state index in [4.69, 9.17) is 9.26 Å². The molecule has 0 aromatic carbocycles. The van der Waals surface area contributed by atoms with Crippen LogP contribution in [-0.4, -0.2) is 39.7 Å². The quantitative estimate of drug-likeness (QED) is 0.540. The van der Waals surface area contributed by atoms with Crippen molar-refractivity contribution in [3.05, 3.63) is 41.4 Å². The Hall–Kier alpha value is -2.88. The van der Waals surface area contributed by atoms with Crippen molar-refractivity contribution >= 4 is 29.7 Å². The molecular formula is C19H24N4O5S. The van der Waals surface area contributed by atoms with Gasteiger partial charge in [0.2, 0.25) is 0 Å². The van der Waals surface area contributed by atoms with Crippen LogP contribution in [-0.2, 0) is 15.3 Å². The first-order chi connectivity index (χ1) is 13.5. The Morgan fingerprint density at radius 2 is 2.03 bits per heavy atom. The van der Waals surface area contributed by atoms with Gasteiger partial charge in [-0.2, -0.15) is 0 Å². The number of esters is 1. The number of nitrogens with one attached hydrogen (secondary N) is 2. The summed E-state index contributed by atoms with van der Waals surface area (Å²) < 4.78 is 10.2. The molecule has 2 aromatic rings. The Balaban J connectivity index is 1.97. The fourth-order valence-corrected chi connectivity index (χ4v) is 3.02. The molecule has 0 aliphatic heterocycles. The van der Waals surface area contributed by atoms with Gasteiger partial charge in [0.15, 0.2) is 6.10 Å². The molecule has 2 aromatic heterocycles. The van der Waals surface area contributed by atoms with Gasteiger partial charge in [-0.3, -0.25) is 10.1 Å². The van der Waals surface area contributed by atoms with Crippen molar-refractivity contribution in [1.29, 1.82) is 0 Å². The van der Waals surface area contributed by atoms with E-state index < -0.39 is 29.6 Å². The number of imide groups is 1. The lowest BCUT2D eigenvalue weighted by Crippen LogP contribution is -2.50. The number of aromatic nitrogens is 2. The molecule has 0 bridgehead atoms. The fraction of sp³-hybridized carbons (Fsp3) is 0.421. The standard InChI is InChI=1S/C19H24N4O5S/c1-11-9-13(23-28-11)10-29-16-14(7-6-8-20-16)17(25)27-12(2)15(24)21-18(26)22-19(3,4)5/h6-9,12H,10H2,1-5H3,(H2,21,22,24,26)/t12-/m1/s1. The largest absolute Gasteiger partial charge is 0.449 e. The van der Waals surface area contributed by atoms with Crippen LogP contribution in [0.1, 0.15) is 49.5 Å². The van der Waals surface area contributed by atoms with E-state index in [0.29, 0.717) is 16.5 Å². The average molecular weight is 420 g/mol. The SMILES string of the molecule is Cc1cc(CSc2ncccc2C(=O)O[C@H](C)C(=O)NC(=O)NC(C)(C)C)no1. The minimum atomic E-state index is -1.16. The highest BCUT2D eigenvalue weighted by Crippen LogP contribution is 2.24. The fourth-order valence-electron chi connectivity index (χ4n) is 2.15. The van der Waals surface area contributed by atoms with E-state index in [-0.39, 0.29) is 5.56 Å². The van der Waals surface area contributed by atoms with Crippen LogP contribution < -0.4 is 10.6 Å². The van der Waals surface area contributed by atoms with Crippen LogP contribution >= 0.6 is 11.8 Å². The predicted molar refractivity (Wildman–Crippen MR) is 106 cm³/mol. The van der Waals surface area contributed by atoms with E-state index in [1.54, 1.807) is 52.1 Å². The molecule has 0 saturated carbocycles. The van der Waals surface area contributed by atoms with Crippen molar-refractivity contribution in [2.45, 2.75) is 57.0 Å².